The highest BCUT2D eigenvalue weighted by Crippen LogP contribution is 2.29. The molecule has 94 valence electrons. The minimum Gasteiger partial charge on any atom is -0.480 e. The molecule has 10 heteroatoms. The fraction of sp³-hybridized carbons (Fsp3) is 0.667. The molecule has 0 fully saturated rings. The summed E-state index contributed by atoms with van der Waals surface area (Å²) >= 11 is 0. The van der Waals surface area contributed by atoms with Crippen molar-refractivity contribution in [1.29, 1.82) is 5.41 Å². The fourth-order valence-electron chi connectivity index (χ4n) is 0.975. The third-order valence-corrected chi connectivity index (χ3v) is 2.26. The highest BCUT2D eigenvalue weighted by atomic mass is 31.2. The molecule has 0 aromatic rings. The van der Waals surface area contributed by atoms with Crippen LogP contribution in [0.1, 0.15) is 12.8 Å². The van der Waals surface area contributed by atoms with E-state index >= 15 is 0 Å². The second-order valence-corrected chi connectivity index (χ2v) is 4.39. The Morgan fingerprint density at radius 2 is 2.06 bits per heavy atom. The van der Waals surface area contributed by atoms with Crippen LogP contribution < -0.4 is 16.1 Å². The lowest BCUT2D eigenvalue weighted by Gasteiger charge is -2.15. The molecule has 0 unspecified atom stereocenters. The molecule has 0 aliphatic carbocycles. The van der Waals surface area contributed by atoms with E-state index in [1.165, 1.54) is 0 Å². The molecule has 1 atom stereocenters. The molecular formula is C6H15N4O5P. The van der Waals surface area contributed by atoms with Gasteiger partial charge in [0, 0.05) is 6.54 Å². The van der Waals surface area contributed by atoms with Gasteiger partial charge in [-0.05, 0) is 12.8 Å². The van der Waals surface area contributed by atoms with Crippen LogP contribution in [0.15, 0.2) is 0 Å². The first-order valence-electron chi connectivity index (χ1n) is 4.36. The lowest BCUT2D eigenvalue weighted by atomic mass is 10.2. The van der Waals surface area contributed by atoms with E-state index in [0.717, 1.165) is 0 Å². The predicted molar refractivity (Wildman–Crippen MR) is 55.8 cm³/mol. The molecule has 0 saturated heterocycles. The van der Waals surface area contributed by atoms with Crippen molar-refractivity contribution >= 4 is 19.7 Å². The van der Waals surface area contributed by atoms with Crippen LogP contribution in [0.5, 0.6) is 0 Å². The van der Waals surface area contributed by atoms with Crippen LogP contribution in [-0.2, 0) is 9.36 Å². The van der Waals surface area contributed by atoms with Crippen LogP contribution >= 0.6 is 7.75 Å². The number of guanidine groups is 1. The summed E-state index contributed by atoms with van der Waals surface area (Å²) in [7, 11) is -4.56. The lowest BCUT2D eigenvalue weighted by Crippen LogP contribution is -2.36. The predicted octanol–water partition coefficient (Wildman–Crippen LogP) is -1.61. The van der Waals surface area contributed by atoms with Crippen LogP contribution in [0.4, 0.5) is 0 Å². The molecule has 0 amide bonds. The van der Waals surface area contributed by atoms with Gasteiger partial charge in [0.25, 0.3) is 0 Å². The highest BCUT2D eigenvalue weighted by molar-refractivity contribution is 7.49. The second-order valence-electron chi connectivity index (χ2n) is 3.05. The first kappa shape index (κ1) is 14.8. The molecule has 0 aromatic heterocycles. The summed E-state index contributed by atoms with van der Waals surface area (Å²) in [4.78, 5) is 27.7. The summed E-state index contributed by atoms with van der Waals surface area (Å²) < 4.78 is 10.5. The Labute approximate surface area is 91.8 Å². The van der Waals surface area contributed by atoms with Gasteiger partial charge in [-0.15, -0.1) is 0 Å². The van der Waals surface area contributed by atoms with E-state index in [-0.39, 0.29) is 18.9 Å². The summed E-state index contributed by atoms with van der Waals surface area (Å²) in [6.45, 7) is 0.266. The van der Waals surface area contributed by atoms with Crippen molar-refractivity contribution in [1.82, 2.24) is 10.4 Å². The lowest BCUT2D eigenvalue weighted by molar-refractivity contribution is -0.139. The summed E-state index contributed by atoms with van der Waals surface area (Å²) in [5.41, 5.74) is 4.99. The average molecular weight is 254 g/mol. The number of rotatable bonds is 7. The van der Waals surface area contributed by atoms with Crippen LogP contribution in [0.3, 0.4) is 0 Å². The van der Waals surface area contributed by atoms with Crippen molar-refractivity contribution in [3.63, 3.8) is 0 Å². The topological polar surface area (TPSA) is 169 Å². The van der Waals surface area contributed by atoms with E-state index in [1.807, 2.05) is 0 Å². The van der Waals surface area contributed by atoms with Gasteiger partial charge in [0.05, 0.1) is 0 Å². The van der Waals surface area contributed by atoms with Gasteiger partial charge in [-0.1, -0.05) is 0 Å². The first-order chi connectivity index (χ1) is 7.22. The Balaban J connectivity index is 4.01. The number of hydrogen-bond donors (Lipinski definition) is 7. The molecule has 9 nitrogen and oxygen atoms in total. The van der Waals surface area contributed by atoms with Gasteiger partial charge in [-0.25, -0.2) is 9.65 Å². The minimum absolute atomic E-state index is 0.0146. The molecular weight excluding hydrogens is 239 g/mol. The Bertz CT molecular complexity index is 303. The smallest absolute Gasteiger partial charge is 0.401 e. The van der Waals surface area contributed by atoms with E-state index in [9.17, 15) is 9.36 Å². The molecule has 8 N–H and O–H groups in total. The van der Waals surface area contributed by atoms with Gasteiger partial charge < -0.3 is 25.9 Å². The summed E-state index contributed by atoms with van der Waals surface area (Å²) in [6, 6.07) is -1.32. The Morgan fingerprint density at radius 1 is 1.50 bits per heavy atom. The normalized spacial score (nSPS) is 13.1. The molecule has 0 heterocycles. The zero-order valence-electron chi connectivity index (χ0n) is 8.38. The Morgan fingerprint density at radius 3 is 2.44 bits per heavy atom. The fourth-order valence-corrected chi connectivity index (χ4v) is 1.62. The van der Waals surface area contributed by atoms with Crippen molar-refractivity contribution in [3.8, 4) is 0 Å². The number of carboxylic acid groups (broad SMARTS) is 1. The highest BCUT2D eigenvalue weighted by Gasteiger charge is 2.25. The maximum atomic E-state index is 10.6. The van der Waals surface area contributed by atoms with Crippen molar-refractivity contribution in [2.75, 3.05) is 6.54 Å². The van der Waals surface area contributed by atoms with Crippen molar-refractivity contribution in [2.24, 2.45) is 5.73 Å². The summed E-state index contributed by atoms with van der Waals surface area (Å²) in [6.07, 6.45) is 0.324. The van der Waals surface area contributed by atoms with Crippen molar-refractivity contribution in [3.05, 3.63) is 0 Å². The SMILES string of the molecule is N=C(N)NCCC[C@H](NP(=O)(O)O)C(=O)O. The average Bonchev–Trinajstić information content (AvgIpc) is 2.07. The zero-order valence-corrected chi connectivity index (χ0v) is 9.28. The van der Waals surface area contributed by atoms with Gasteiger partial charge >= 0.3 is 13.7 Å². The molecule has 0 radical (unpaired) electrons. The van der Waals surface area contributed by atoms with E-state index in [4.69, 9.17) is 26.0 Å². The monoisotopic (exact) mass is 254 g/mol. The van der Waals surface area contributed by atoms with E-state index in [2.05, 4.69) is 5.32 Å². The molecule has 0 bridgehead atoms. The van der Waals surface area contributed by atoms with Gasteiger partial charge in [-0.2, -0.15) is 0 Å². The van der Waals surface area contributed by atoms with Gasteiger partial charge in [0.15, 0.2) is 5.96 Å². The minimum atomic E-state index is -4.56. The van der Waals surface area contributed by atoms with Crippen LogP contribution in [0.25, 0.3) is 0 Å². The van der Waals surface area contributed by atoms with Crippen molar-refractivity contribution < 1.29 is 24.3 Å². The third kappa shape index (κ3) is 8.18. The van der Waals surface area contributed by atoms with Crippen LogP contribution in [0.2, 0.25) is 0 Å². The van der Waals surface area contributed by atoms with Crippen LogP contribution in [-0.4, -0.2) is 39.4 Å². The van der Waals surface area contributed by atoms with E-state index in [0.29, 0.717) is 6.42 Å². The quantitative estimate of drug-likeness (QED) is 0.123. The van der Waals surface area contributed by atoms with Crippen LogP contribution in [0, 0.1) is 5.41 Å². The second kappa shape index (κ2) is 6.44. The molecule has 0 saturated carbocycles. The van der Waals surface area contributed by atoms with E-state index < -0.39 is 19.8 Å². The molecule has 0 spiro atoms. The third-order valence-electron chi connectivity index (χ3n) is 1.61. The van der Waals surface area contributed by atoms with Gasteiger partial charge in [0.1, 0.15) is 6.04 Å². The number of carboxylic acids is 1. The van der Waals surface area contributed by atoms with Gasteiger partial charge in [0.2, 0.25) is 0 Å². The number of nitrogens with one attached hydrogen (secondary N) is 3. The number of nitrogens with two attached hydrogens (primary N) is 1. The Hall–Kier alpha value is -1.15. The molecule has 0 aliphatic heterocycles. The molecule has 0 rings (SSSR count). The maximum absolute atomic E-state index is 10.6. The Kier molecular flexibility index (Phi) is 5.97. The van der Waals surface area contributed by atoms with Gasteiger partial charge in [-0.3, -0.25) is 10.2 Å². The summed E-state index contributed by atoms with van der Waals surface area (Å²) in [5, 5.41) is 19.6. The summed E-state index contributed by atoms with van der Waals surface area (Å²) in [5.74, 6) is -1.58. The number of aliphatic carboxylic acids is 1. The number of hydrogen-bond acceptors (Lipinski definition) is 3. The zero-order chi connectivity index (χ0) is 12.8. The van der Waals surface area contributed by atoms with E-state index in [1.54, 1.807) is 5.09 Å². The molecule has 0 aliphatic rings. The first-order valence-corrected chi connectivity index (χ1v) is 5.97. The molecule has 0 aromatic carbocycles. The van der Waals surface area contributed by atoms with Crippen molar-refractivity contribution in [2.45, 2.75) is 18.9 Å². The standard InChI is InChI=1S/C6H15N4O5P/c7-6(8)9-3-1-2-4(5(11)12)10-16(13,14)15/h4H,1-3H2,(H,11,12)(H4,7,8,9)(H3,10,13,14,15)/t4-/m0/s1. The molecule has 16 heavy (non-hydrogen) atoms. The number of carbonyl (C=O) groups is 1. The maximum Gasteiger partial charge on any atom is 0.401 e. The largest absolute Gasteiger partial charge is 0.480 e.